The van der Waals surface area contributed by atoms with Crippen LogP contribution in [0.25, 0.3) is 0 Å². The fourth-order valence-electron chi connectivity index (χ4n) is 7.24. The average Bonchev–Trinajstić information content (AvgIpc) is 3.50. The molecule has 234 valence electrons. The topological polar surface area (TPSA) is 53.1 Å². The van der Waals surface area contributed by atoms with Crippen LogP contribution in [0.4, 0.5) is 4.79 Å². The van der Waals surface area contributed by atoms with E-state index < -0.39 is 0 Å². The lowest BCUT2D eigenvalue weighted by molar-refractivity contribution is 0.0605. The minimum atomic E-state index is -0.160. The lowest BCUT2D eigenvalue weighted by Crippen LogP contribution is -2.48. The molecule has 0 spiro atoms. The maximum absolute atomic E-state index is 13.3. The molecule has 0 bridgehead atoms. The van der Waals surface area contributed by atoms with Crippen LogP contribution in [-0.2, 0) is 11.2 Å². The van der Waals surface area contributed by atoms with E-state index in [4.69, 9.17) is 4.74 Å². The fraction of sp³-hybridized carbons (Fsp3) is 0.474. The normalized spacial score (nSPS) is 20.7. The van der Waals surface area contributed by atoms with E-state index in [1.54, 1.807) is 0 Å². The molecule has 0 N–H and O–H groups in total. The molecule has 1 saturated heterocycles. The van der Waals surface area contributed by atoms with Crippen LogP contribution < -0.4 is 0 Å². The number of nitrogens with zero attached hydrogens (tertiary/aromatic N) is 3. The first kappa shape index (κ1) is 31.8. The summed E-state index contributed by atoms with van der Waals surface area (Å²) < 4.78 is 5.76. The number of piperidine rings is 1. The highest BCUT2D eigenvalue weighted by molar-refractivity contribution is 5.94. The molecule has 3 aromatic rings. The van der Waals surface area contributed by atoms with Crippen molar-refractivity contribution in [3.8, 4) is 0 Å². The van der Waals surface area contributed by atoms with Gasteiger partial charge in [0.1, 0.15) is 0 Å². The van der Waals surface area contributed by atoms with Crippen LogP contribution >= 0.6 is 0 Å². The highest BCUT2D eigenvalue weighted by Gasteiger charge is 2.40. The number of carbonyl (C=O) groups is 2. The van der Waals surface area contributed by atoms with Gasteiger partial charge in [0, 0.05) is 50.9 Å². The van der Waals surface area contributed by atoms with E-state index in [2.05, 4.69) is 66.4 Å². The summed E-state index contributed by atoms with van der Waals surface area (Å²) in [5.74, 6) is 1.01. The summed E-state index contributed by atoms with van der Waals surface area (Å²) in [7, 11) is 1.97. The van der Waals surface area contributed by atoms with Crippen LogP contribution in [0.15, 0.2) is 91.0 Å². The second-order valence-electron chi connectivity index (χ2n) is 12.6. The standard InChI is InChI=1S/C38H49N3O3/c1-3-23-41(38(43)44-26-13-16-30-14-7-4-8-15-30)34-21-24-40(25-22-34)29-33-27-35(28-36(33)31-17-9-5-10-18-31)39(2)37(42)32-19-11-6-12-20-32/h4-12,14-15,17-20,33-36H,3,13,16,21-29H2,1-2H3/t33-,35?,36-/m1/s1. The summed E-state index contributed by atoms with van der Waals surface area (Å²) in [6.45, 7) is 6.31. The first-order chi connectivity index (χ1) is 21.5. The molecule has 1 saturated carbocycles. The molecule has 2 fully saturated rings. The molecule has 0 radical (unpaired) electrons. The third-order valence-electron chi connectivity index (χ3n) is 9.65. The Bertz CT molecular complexity index is 1290. The molecule has 44 heavy (non-hydrogen) atoms. The van der Waals surface area contributed by atoms with Crippen LogP contribution in [-0.4, -0.2) is 78.6 Å². The van der Waals surface area contributed by atoms with Crippen LogP contribution in [0.2, 0.25) is 0 Å². The summed E-state index contributed by atoms with van der Waals surface area (Å²) in [4.78, 5) is 33.0. The maximum Gasteiger partial charge on any atom is 0.410 e. The molecular weight excluding hydrogens is 546 g/mol. The van der Waals surface area contributed by atoms with E-state index in [1.165, 1.54) is 11.1 Å². The van der Waals surface area contributed by atoms with Crippen molar-refractivity contribution in [2.24, 2.45) is 5.92 Å². The van der Waals surface area contributed by atoms with Gasteiger partial charge in [0.05, 0.1) is 6.61 Å². The zero-order valence-corrected chi connectivity index (χ0v) is 26.5. The molecule has 2 amide bonds. The Hall–Kier alpha value is -3.64. The van der Waals surface area contributed by atoms with Crippen molar-refractivity contribution >= 4 is 12.0 Å². The predicted molar refractivity (Wildman–Crippen MR) is 177 cm³/mol. The van der Waals surface area contributed by atoms with Crippen molar-refractivity contribution in [3.63, 3.8) is 0 Å². The Kier molecular flexibility index (Phi) is 11.5. The summed E-state index contributed by atoms with van der Waals surface area (Å²) >= 11 is 0. The SMILES string of the molecule is CCCN(C(=O)OCCCc1ccccc1)C1CCN(C[C@H]2CC(N(C)C(=O)c3ccccc3)C[C@@H]2c2ccccc2)CC1. The molecule has 6 nitrogen and oxygen atoms in total. The number of carbonyl (C=O) groups excluding carboxylic acids is 2. The van der Waals surface area contributed by atoms with E-state index in [0.717, 1.165) is 76.7 Å². The Morgan fingerprint density at radius 1 is 0.841 bits per heavy atom. The van der Waals surface area contributed by atoms with Gasteiger partial charge < -0.3 is 19.4 Å². The largest absolute Gasteiger partial charge is 0.449 e. The first-order valence-corrected chi connectivity index (χ1v) is 16.6. The van der Waals surface area contributed by atoms with E-state index in [0.29, 0.717) is 18.4 Å². The van der Waals surface area contributed by atoms with E-state index in [-0.39, 0.29) is 24.1 Å². The molecule has 1 aliphatic carbocycles. The first-order valence-electron chi connectivity index (χ1n) is 16.6. The Labute approximate surface area is 264 Å². The second-order valence-corrected chi connectivity index (χ2v) is 12.6. The van der Waals surface area contributed by atoms with Crippen molar-refractivity contribution < 1.29 is 14.3 Å². The highest BCUT2D eigenvalue weighted by Crippen LogP contribution is 2.42. The van der Waals surface area contributed by atoms with Gasteiger partial charge in [-0.15, -0.1) is 0 Å². The van der Waals surface area contributed by atoms with Gasteiger partial charge in [-0.1, -0.05) is 85.8 Å². The van der Waals surface area contributed by atoms with Crippen molar-refractivity contribution in [2.75, 3.05) is 39.8 Å². The van der Waals surface area contributed by atoms with Gasteiger partial charge in [0.25, 0.3) is 5.91 Å². The average molecular weight is 596 g/mol. The molecule has 5 rings (SSSR count). The molecule has 1 heterocycles. The van der Waals surface area contributed by atoms with Crippen molar-refractivity contribution in [1.82, 2.24) is 14.7 Å². The number of likely N-dealkylation sites (tertiary alicyclic amines) is 1. The third kappa shape index (κ3) is 8.29. The number of benzene rings is 3. The van der Waals surface area contributed by atoms with Gasteiger partial charge in [-0.25, -0.2) is 4.79 Å². The van der Waals surface area contributed by atoms with Gasteiger partial charge in [0.2, 0.25) is 0 Å². The van der Waals surface area contributed by atoms with Gasteiger partial charge in [-0.05, 0) is 80.0 Å². The number of amides is 2. The summed E-state index contributed by atoms with van der Waals surface area (Å²) in [5.41, 5.74) is 3.40. The van der Waals surface area contributed by atoms with E-state index in [9.17, 15) is 9.59 Å². The Morgan fingerprint density at radius 3 is 2.14 bits per heavy atom. The summed E-state index contributed by atoms with van der Waals surface area (Å²) in [6, 6.07) is 31.3. The molecular formula is C38H49N3O3. The van der Waals surface area contributed by atoms with Crippen molar-refractivity contribution in [2.45, 2.75) is 69.9 Å². The van der Waals surface area contributed by atoms with Crippen LogP contribution in [0.1, 0.15) is 72.9 Å². The number of hydrogen-bond donors (Lipinski definition) is 0. The summed E-state index contributed by atoms with van der Waals surface area (Å²) in [6.07, 6.45) is 6.46. The van der Waals surface area contributed by atoms with Gasteiger partial charge >= 0.3 is 6.09 Å². The summed E-state index contributed by atoms with van der Waals surface area (Å²) in [5, 5.41) is 0. The lowest BCUT2D eigenvalue weighted by atomic mass is 9.88. The van der Waals surface area contributed by atoms with Crippen molar-refractivity contribution in [3.05, 3.63) is 108 Å². The van der Waals surface area contributed by atoms with Gasteiger partial charge in [-0.2, -0.15) is 0 Å². The molecule has 3 aromatic carbocycles. The fourth-order valence-corrected chi connectivity index (χ4v) is 7.24. The van der Waals surface area contributed by atoms with E-state index >= 15 is 0 Å². The van der Waals surface area contributed by atoms with Crippen molar-refractivity contribution in [1.29, 1.82) is 0 Å². The van der Waals surface area contributed by atoms with E-state index in [1.807, 2.05) is 53.2 Å². The van der Waals surface area contributed by atoms with Gasteiger partial charge in [0.15, 0.2) is 0 Å². The molecule has 6 heteroatoms. The smallest absolute Gasteiger partial charge is 0.410 e. The quantitative estimate of drug-likeness (QED) is 0.207. The monoisotopic (exact) mass is 595 g/mol. The minimum Gasteiger partial charge on any atom is -0.449 e. The number of aryl methyl sites for hydroxylation is 1. The zero-order valence-electron chi connectivity index (χ0n) is 26.5. The van der Waals surface area contributed by atoms with Gasteiger partial charge in [-0.3, -0.25) is 4.79 Å². The van der Waals surface area contributed by atoms with Crippen LogP contribution in [0.5, 0.6) is 0 Å². The highest BCUT2D eigenvalue weighted by atomic mass is 16.6. The number of rotatable bonds is 12. The second kappa shape index (κ2) is 15.9. The number of hydrogen-bond acceptors (Lipinski definition) is 4. The molecule has 2 aliphatic rings. The van der Waals surface area contributed by atoms with Crippen LogP contribution in [0.3, 0.4) is 0 Å². The predicted octanol–water partition coefficient (Wildman–Crippen LogP) is 7.27. The molecule has 1 unspecified atom stereocenters. The molecule has 0 aromatic heterocycles. The Balaban J connectivity index is 1.15. The molecule has 3 atom stereocenters. The molecule has 1 aliphatic heterocycles. The minimum absolute atomic E-state index is 0.104. The van der Waals surface area contributed by atoms with Crippen LogP contribution in [0, 0.1) is 5.92 Å². The Morgan fingerprint density at radius 2 is 1.48 bits per heavy atom. The lowest BCUT2D eigenvalue weighted by Gasteiger charge is -2.39. The zero-order chi connectivity index (χ0) is 30.7. The number of ether oxygens (including phenoxy) is 1. The third-order valence-corrected chi connectivity index (χ3v) is 9.65. The maximum atomic E-state index is 13.3.